The first-order valence-corrected chi connectivity index (χ1v) is 10.6. The number of methoxy groups -OCH3 is 2. The summed E-state index contributed by atoms with van der Waals surface area (Å²) in [4.78, 5) is 7.52. The zero-order chi connectivity index (χ0) is 19.8. The molecule has 0 unspecified atom stereocenters. The Kier molecular flexibility index (Phi) is 4.87. The lowest BCUT2D eigenvalue weighted by atomic mass is 9.87. The molecule has 1 saturated heterocycles. The number of rotatable bonds is 5. The van der Waals surface area contributed by atoms with Crippen molar-refractivity contribution in [1.29, 1.82) is 0 Å². The predicted octanol–water partition coefficient (Wildman–Crippen LogP) is 4.15. The van der Waals surface area contributed by atoms with E-state index in [0.717, 1.165) is 46.7 Å². The van der Waals surface area contributed by atoms with Crippen LogP contribution in [0.2, 0.25) is 0 Å². The van der Waals surface area contributed by atoms with Gasteiger partial charge in [-0.05, 0) is 50.4 Å². The van der Waals surface area contributed by atoms with Crippen LogP contribution in [0.5, 0.6) is 11.5 Å². The van der Waals surface area contributed by atoms with E-state index in [2.05, 4.69) is 11.0 Å². The van der Waals surface area contributed by atoms with Crippen molar-refractivity contribution in [2.24, 2.45) is 0 Å². The third-order valence-electron chi connectivity index (χ3n) is 6.47. The van der Waals surface area contributed by atoms with Gasteiger partial charge >= 0.3 is 0 Å². The number of nitrogens with zero attached hydrogens (tertiary/aromatic N) is 4. The zero-order valence-electron chi connectivity index (χ0n) is 17.2. The normalized spacial score (nSPS) is 20.6. The molecule has 1 aliphatic carbocycles. The number of ether oxygens (including phenoxy) is 2. The maximum Gasteiger partial charge on any atom is 0.168 e. The van der Waals surface area contributed by atoms with Gasteiger partial charge in [-0.1, -0.05) is 18.6 Å². The number of benzene rings is 1. The summed E-state index contributed by atoms with van der Waals surface area (Å²) < 4.78 is 13.0. The molecule has 6 nitrogen and oxygen atoms in total. The first-order chi connectivity index (χ1) is 14.3. The Labute approximate surface area is 171 Å². The second-order valence-corrected chi connectivity index (χ2v) is 8.15. The Morgan fingerprint density at radius 2 is 1.90 bits per heavy atom. The Hall–Kier alpha value is -2.60. The summed E-state index contributed by atoms with van der Waals surface area (Å²) in [6.07, 6.45) is 8.55. The van der Waals surface area contributed by atoms with Crippen molar-refractivity contribution in [2.75, 3.05) is 27.3 Å². The van der Waals surface area contributed by atoms with Crippen LogP contribution in [0.25, 0.3) is 16.8 Å². The molecule has 3 heterocycles. The largest absolute Gasteiger partial charge is 0.493 e. The number of hydrogen-bond acceptors (Lipinski definition) is 5. The molecule has 2 aromatic heterocycles. The van der Waals surface area contributed by atoms with Crippen LogP contribution in [-0.2, 0) is 0 Å². The fraction of sp³-hybridized carbons (Fsp3) is 0.478. The number of pyridine rings is 1. The summed E-state index contributed by atoms with van der Waals surface area (Å²) in [6.45, 7) is 2.33. The second kappa shape index (κ2) is 7.67. The molecule has 0 bridgehead atoms. The summed E-state index contributed by atoms with van der Waals surface area (Å²) in [6, 6.07) is 10.8. The molecular formula is C23H28N4O2. The molecule has 0 spiro atoms. The highest BCUT2D eigenvalue weighted by Gasteiger charge is 2.31. The molecule has 1 aliphatic heterocycles. The van der Waals surface area contributed by atoms with E-state index in [1.54, 1.807) is 14.2 Å². The lowest BCUT2D eigenvalue weighted by Crippen LogP contribution is -2.45. The molecule has 0 N–H and O–H groups in total. The van der Waals surface area contributed by atoms with E-state index in [9.17, 15) is 0 Å². The van der Waals surface area contributed by atoms with Gasteiger partial charge in [0, 0.05) is 35.8 Å². The van der Waals surface area contributed by atoms with Crippen LogP contribution < -0.4 is 9.47 Å². The van der Waals surface area contributed by atoms with E-state index in [1.807, 2.05) is 35.0 Å². The number of hydrogen-bond donors (Lipinski definition) is 0. The van der Waals surface area contributed by atoms with Gasteiger partial charge in [0.05, 0.1) is 14.2 Å². The lowest BCUT2D eigenvalue weighted by Gasteiger charge is -2.41. The van der Waals surface area contributed by atoms with Gasteiger partial charge in [-0.25, -0.2) is 9.50 Å². The monoisotopic (exact) mass is 392 g/mol. The summed E-state index contributed by atoms with van der Waals surface area (Å²) in [5.41, 5.74) is 2.91. The number of likely N-dealkylation sites (tertiary alicyclic amines) is 1. The number of aromatic nitrogens is 3. The number of piperidine rings is 1. The smallest absolute Gasteiger partial charge is 0.168 e. The Bertz CT molecular complexity index is 1010. The van der Waals surface area contributed by atoms with E-state index >= 15 is 0 Å². The van der Waals surface area contributed by atoms with Gasteiger partial charge in [-0.15, -0.1) is 0 Å². The predicted molar refractivity (Wildman–Crippen MR) is 113 cm³/mol. The molecule has 0 amide bonds. The zero-order valence-corrected chi connectivity index (χ0v) is 17.2. The van der Waals surface area contributed by atoms with Crippen LogP contribution in [0.15, 0.2) is 36.5 Å². The van der Waals surface area contributed by atoms with Gasteiger partial charge in [0.1, 0.15) is 0 Å². The van der Waals surface area contributed by atoms with E-state index in [4.69, 9.17) is 19.6 Å². The van der Waals surface area contributed by atoms with Crippen molar-refractivity contribution in [3.63, 3.8) is 0 Å². The SMILES string of the molecule is COc1cccc(-c2ccc3nc([C@H]4CCCN(C5CCC5)C4)nn3c2)c1OC. The van der Waals surface area contributed by atoms with Crippen LogP contribution >= 0.6 is 0 Å². The summed E-state index contributed by atoms with van der Waals surface area (Å²) in [5, 5.41) is 4.87. The first kappa shape index (κ1) is 18.4. The lowest BCUT2D eigenvalue weighted by molar-refractivity contribution is 0.0929. The molecule has 29 heavy (non-hydrogen) atoms. The summed E-state index contributed by atoms with van der Waals surface area (Å²) >= 11 is 0. The number of para-hydroxylation sites is 1. The van der Waals surface area contributed by atoms with E-state index < -0.39 is 0 Å². The molecule has 3 aromatic rings. The third-order valence-corrected chi connectivity index (χ3v) is 6.47. The molecule has 1 aromatic carbocycles. The van der Waals surface area contributed by atoms with Crippen molar-refractivity contribution in [3.05, 3.63) is 42.4 Å². The second-order valence-electron chi connectivity index (χ2n) is 8.15. The highest BCUT2D eigenvalue weighted by molar-refractivity contribution is 5.74. The molecule has 1 saturated carbocycles. The summed E-state index contributed by atoms with van der Waals surface area (Å²) in [5.74, 6) is 2.86. The third kappa shape index (κ3) is 3.35. The van der Waals surface area contributed by atoms with Crippen molar-refractivity contribution in [3.8, 4) is 22.6 Å². The molecule has 0 radical (unpaired) electrons. The topological polar surface area (TPSA) is 51.9 Å². The fourth-order valence-electron chi connectivity index (χ4n) is 4.65. The van der Waals surface area contributed by atoms with E-state index in [0.29, 0.717) is 5.92 Å². The average Bonchev–Trinajstić information content (AvgIpc) is 3.15. The maximum absolute atomic E-state index is 5.61. The van der Waals surface area contributed by atoms with E-state index in [1.165, 1.54) is 38.6 Å². The van der Waals surface area contributed by atoms with E-state index in [-0.39, 0.29) is 0 Å². The standard InChI is InChI=1S/C23H28N4O2/c1-28-20-10-4-9-19(22(20)29-2)16-11-12-21-24-23(25-27(21)15-16)17-6-5-13-26(14-17)18-7-3-8-18/h4,9-12,15,17-18H,3,5-8,13-14H2,1-2H3/t17-/m0/s1. The van der Waals surface area contributed by atoms with Gasteiger partial charge in [-0.2, -0.15) is 5.10 Å². The van der Waals surface area contributed by atoms with Crippen LogP contribution in [0.3, 0.4) is 0 Å². The van der Waals surface area contributed by atoms with Crippen LogP contribution in [0.1, 0.15) is 43.8 Å². The molecule has 2 aliphatic rings. The molecule has 6 heteroatoms. The van der Waals surface area contributed by atoms with Gasteiger partial charge < -0.3 is 9.47 Å². The Morgan fingerprint density at radius 1 is 1.00 bits per heavy atom. The molecule has 152 valence electrons. The average molecular weight is 393 g/mol. The Balaban J connectivity index is 1.45. The number of fused-ring (bicyclic) bond motifs is 1. The van der Waals surface area contributed by atoms with Crippen LogP contribution in [0, 0.1) is 0 Å². The van der Waals surface area contributed by atoms with Crippen molar-refractivity contribution >= 4 is 5.65 Å². The molecule has 1 atom stereocenters. The minimum Gasteiger partial charge on any atom is -0.493 e. The highest BCUT2D eigenvalue weighted by Crippen LogP contribution is 2.38. The summed E-state index contributed by atoms with van der Waals surface area (Å²) in [7, 11) is 3.33. The van der Waals surface area contributed by atoms with Gasteiger partial charge in [0.25, 0.3) is 0 Å². The molecule has 5 rings (SSSR count). The molecule has 2 fully saturated rings. The Morgan fingerprint density at radius 3 is 2.66 bits per heavy atom. The quantitative estimate of drug-likeness (QED) is 0.653. The van der Waals surface area contributed by atoms with Crippen molar-refractivity contribution < 1.29 is 9.47 Å². The van der Waals surface area contributed by atoms with Crippen molar-refractivity contribution in [2.45, 2.75) is 44.1 Å². The minimum atomic E-state index is 0.430. The van der Waals surface area contributed by atoms with Gasteiger partial charge in [-0.3, -0.25) is 4.90 Å². The maximum atomic E-state index is 5.61. The highest BCUT2D eigenvalue weighted by atomic mass is 16.5. The minimum absolute atomic E-state index is 0.430. The first-order valence-electron chi connectivity index (χ1n) is 10.6. The van der Waals surface area contributed by atoms with Crippen LogP contribution in [-0.4, -0.2) is 52.8 Å². The van der Waals surface area contributed by atoms with Crippen molar-refractivity contribution in [1.82, 2.24) is 19.5 Å². The van der Waals surface area contributed by atoms with Gasteiger partial charge in [0.2, 0.25) is 0 Å². The van der Waals surface area contributed by atoms with Gasteiger partial charge in [0.15, 0.2) is 23.0 Å². The molecular weight excluding hydrogens is 364 g/mol. The fourth-order valence-corrected chi connectivity index (χ4v) is 4.65. The van der Waals surface area contributed by atoms with Crippen LogP contribution in [0.4, 0.5) is 0 Å².